The summed E-state index contributed by atoms with van der Waals surface area (Å²) in [5, 5.41) is 22.8. The van der Waals surface area contributed by atoms with E-state index in [0.29, 0.717) is 27.4 Å². The van der Waals surface area contributed by atoms with Gasteiger partial charge in [0.25, 0.3) is 5.78 Å². The van der Waals surface area contributed by atoms with Crippen LogP contribution in [0.25, 0.3) is 21.6 Å². The lowest BCUT2D eigenvalue weighted by Gasteiger charge is -2.23. The molecule has 0 aliphatic carbocycles. The number of aliphatic hydroxyl groups excluding tert-OH is 1. The molecule has 11 heteroatoms. The summed E-state index contributed by atoms with van der Waals surface area (Å²) in [6.45, 7) is 5.74. The second kappa shape index (κ2) is 9.65. The Morgan fingerprint density at radius 2 is 1.93 bits per heavy atom. The zero-order valence-corrected chi connectivity index (χ0v) is 23.2. The van der Waals surface area contributed by atoms with Crippen LogP contribution in [0.4, 0.5) is 5.13 Å². The third kappa shape index (κ3) is 3.99. The van der Waals surface area contributed by atoms with Crippen molar-refractivity contribution in [2.45, 2.75) is 26.8 Å². The van der Waals surface area contributed by atoms with Crippen LogP contribution in [0.2, 0.25) is 5.02 Å². The van der Waals surface area contributed by atoms with Gasteiger partial charge in [0.15, 0.2) is 22.4 Å². The van der Waals surface area contributed by atoms with E-state index in [-0.39, 0.29) is 34.5 Å². The molecule has 2 aromatic carbocycles. The molecule has 1 aliphatic rings. The first-order valence-electron chi connectivity index (χ1n) is 12.5. The number of rotatable bonds is 5. The summed E-state index contributed by atoms with van der Waals surface area (Å²) in [5.74, 6) is -2.04. The molecular formula is C29H23ClN4O5S. The minimum absolute atomic E-state index is 0.0937. The van der Waals surface area contributed by atoms with E-state index >= 15 is 0 Å². The number of pyridine rings is 1. The third-order valence-electron chi connectivity index (χ3n) is 6.90. The molecule has 0 saturated carbocycles. The molecule has 3 aromatic heterocycles. The van der Waals surface area contributed by atoms with Crippen molar-refractivity contribution in [1.82, 2.24) is 14.4 Å². The third-order valence-corrected chi connectivity index (χ3v) is 8.15. The molecule has 0 bridgehead atoms. The van der Waals surface area contributed by atoms with E-state index < -0.39 is 23.5 Å². The number of fused-ring (bicyclic) bond motifs is 2. The molecule has 1 amide bonds. The monoisotopic (exact) mass is 574 g/mol. The van der Waals surface area contributed by atoms with Crippen LogP contribution in [-0.2, 0) is 9.59 Å². The highest BCUT2D eigenvalue weighted by atomic mass is 35.5. The quantitative estimate of drug-likeness (QED) is 0.151. The molecule has 9 nitrogen and oxygen atoms in total. The van der Waals surface area contributed by atoms with Crippen LogP contribution >= 0.6 is 22.9 Å². The number of phenols is 1. The number of carbonyl (C=O) groups is 2. The Balaban J connectivity index is 1.61. The number of aromatic hydroxyl groups is 1. The predicted molar refractivity (Wildman–Crippen MR) is 153 cm³/mol. The van der Waals surface area contributed by atoms with Gasteiger partial charge in [0, 0.05) is 11.2 Å². The van der Waals surface area contributed by atoms with Crippen molar-refractivity contribution in [2.75, 3.05) is 11.5 Å². The van der Waals surface area contributed by atoms with E-state index in [1.807, 2.05) is 29.7 Å². The Morgan fingerprint density at radius 3 is 2.67 bits per heavy atom. The molecule has 6 rings (SSSR count). The highest BCUT2D eigenvalue weighted by Gasteiger charge is 2.49. The van der Waals surface area contributed by atoms with Gasteiger partial charge < -0.3 is 19.4 Å². The molecule has 1 unspecified atom stereocenters. The van der Waals surface area contributed by atoms with Gasteiger partial charge in [-0.15, -0.1) is 0 Å². The number of anilines is 1. The van der Waals surface area contributed by atoms with Crippen LogP contribution in [0.15, 0.2) is 60.3 Å². The Bertz CT molecular complexity index is 1890. The lowest BCUT2D eigenvalue weighted by atomic mass is 9.96. The van der Waals surface area contributed by atoms with E-state index in [9.17, 15) is 19.8 Å². The standard InChI is InChI=1S/C29H23ClN4O5S/c1-4-39-20-12-16(7-10-19(20)35)24-22(25(36)23-15(3)33-11-5-6-14(2)27(33)32-23)26(37)28(38)34(24)29-31-18-9-8-17(30)13-21(18)40-29/h5-13,24,35-36H,4H2,1-3H3. The van der Waals surface area contributed by atoms with Gasteiger partial charge in [-0.2, -0.15) is 0 Å². The SMILES string of the molecule is CCOc1cc(C2C(=C(O)c3nc4c(C)cccn4c3C)C(=O)C(=O)N2c2nc3ccc(Cl)cc3s2)ccc1O. The fourth-order valence-electron chi connectivity index (χ4n) is 4.98. The van der Waals surface area contributed by atoms with Gasteiger partial charge in [0.1, 0.15) is 11.3 Å². The van der Waals surface area contributed by atoms with Crippen molar-refractivity contribution in [3.05, 3.63) is 87.8 Å². The maximum absolute atomic E-state index is 13.7. The molecule has 1 atom stereocenters. The van der Waals surface area contributed by atoms with Crippen molar-refractivity contribution < 1.29 is 24.5 Å². The molecule has 2 N–H and O–H groups in total. The van der Waals surface area contributed by atoms with Crippen LogP contribution in [0, 0.1) is 13.8 Å². The molecule has 4 heterocycles. The van der Waals surface area contributed by atoms with Crippen LogP contribution in [-0.4, -0.2) is 42.9 Å². The van der Waals surface area contributed by atoms with Crippen LogP contribution in [0.5, 0.6) is 11.5 Å². The van der Waals surface area contributed by atoms with Gasteiger partial charge in [0.2, 0.25) is 0 Å². The van der Waals surface area contributed by atoms with Crippen LogP contribution in [0.3, 0.4) is 0 Å². The lowest BCUT2D eigenvalue weighted by Crippen LogP contribution is -2.29. The number of imidazole rings is 1. The fraction of sp³-hybridized carbons (Fsp3) is 0.172. The van der Waals surface area contributed by atoms with E-state index in [4.69, 9.17) is 16.3 Å². The minimum Gasteiger partial charge on any atom is -0.505 e. The summed E-state index contributed by atoms with van der Waals surface area (Å²) < 4.78 is 8.14. The van der Waals surface area contributed by atoms with Crippen molar-refractivity contribution in [3.8, 4) is 11.5 Å². The molecular weight excluding hydrogens is 552 g/mol. The summed E-state index contributed by atoms with van der Waals surface area (Å²) in [4.78, 5) is 37.8. The van der Waals surface area contributed by atoms with Crippen LogP contribution in [0.1, 0.15) is 35.5 Å². The summed E-state index contributed by atoms with van der Waals surface area (Å²) in [7, 11) is 0. The van der Waals surface area contributed by atoms with E-state index in [0.717, 1.165) is 10.3 Å². The molecule has 0 spiro atoms. The van der Waals surface area contributed by atoms with Crippen molar-refractivity contribution in [3.63, 3.8) is 0 Å². The highest BCUT2D eigenvalue weighted by molar-refractivity contribution is 7.22. The van der Waals surface area contributed by atoms with Gasteiger partial charge in [-0.05, 0) is 68.3 Å². The molecule has 1 fully saturated rings. The minimum atomic E-state index is -1.07. The van der Waals surface area contributed by atoms with Crippen molar-refractivity contribution in [1.29, 1.82) is 0 Å². The average molecular weight is 575 g/mol. The van der Waals surface area contributed by atoms with Crippen LogP contribution < -0.4 is 9.64 Å². The molecule has 202 valence electrons. The van der Waals surface area contributed by atoms with E-state index in [2.05, 4.69) is 9.97 Å². The first kappa shape index (κ1) is 25.8. The summed E-state index contributed by atoms with van der Waals surface area (Å²) in [5.41, 5.74) is 3.22. The fourth-order valence-corrected chi connectivity index (χ4v) is 6.25. The average Bonchev–Trinajstić information content (AvgIpc) is 3.57. The molecule has 1 aliphatic heterocycles. The topological polar surface area (TPSA) is 117 Å². The first-order chi connectivity index (χ1) is 19.2. The van der Waals surface area contributed by atoms with Gasteiger partial charge in [0.05, 0.1) is 34.1 Å². The largest absolute Gasteiger partial charge is 0.505 e. The van der Waals surface area contributed by atoms with E-state index in [1.54, 1.807) is 44.2 Å². The molecule has 40 heavy (non-hydrogen) atoms. The molecule has 1 saturated heterocycles. The number of halogens is 1. The van der Waals surface area contributed by atoms with Gasteiger partial charge >= 0.3 is 5.91 Å². The molecule has 0 radical (unpaired) electrons. The first-order valence-corrected chi connectivity index (χ1v) is 13.7. The number of aromatic nitrogens is 3. The predicted octanol–water partition coefficient (Wildman–Crippen LogP) is 5.94. The van der Waals surface area contributed by atoms with Gasteiger partial charge in [-0.3, -0.25) is 14.5 Å². The van der Waals surface area contributed by atoms with Crippen molar-refractivity contribution >= 4 is 61.4 Å². The number of hydrogen-bond donors (Lipinski definition) is 2. The van der Waals surface area contributed by atoms with Gasteiger partial charge in [-0.25, -0.2) is 9.97 Å². The zero-order chi connectivity index (χ0) is 28.3. The number of nitrogens with zero attached hydrogens (tertiary/aromatic N) is 4. The van der Waals surface area contributed by atoms with Crippen molar-refractivity contribution in [2.24, 2.45) is 0 Å². The summed E-state index contributed by atoms with van der Waals surface area (Å²) in [6, 6.07) is 12.4. The number of hydrogen-bond acceptors (Lipinski definition) is 8. The smallest absolute Gasteiger partial charge is 0.301 e. The second-order valence-corrected chi connectivity index (χ2v) is 10.8. The lowest BCUT2D eigenvalue weighted by molar-refractivity contribution is -0.132. The maximum atomic E-state index is 13.7. The zero-order valence-electron chi connectivity index (χ0n) is 21.7. The number of ether oxygens (including phenoxy) is 1. The number of amides is 1. The second-order valence-electron chi connectivity index (χ2n) is 9.37. The Morgan fingerprint density at radius 1 is 1.12 bits per heavy atom. The Kier molecular flexibility index (Phi) is 6.24. The Hall–Kier alpha value is -4.41. The molecule has 5 aromatic rings. The summed E-state index contributed by atoms with van der Waals surface area (Å²) in [6.07, 6.45) is 1.82. The normalized spacial score (nSPS) is 16.9. The number of phenolic OH excluding ortho intramolecular Hbond substituents is 1. The van der Waals surface area contributed by atoms with E-state index in [1.165, 1.54) is 22.3 Å². The number of Topliss-reactive ketones (excluding diaryl/α,β-unsaturated/α-hetero) is 1. The summed E-state index contributed by atoms with van der Waals surface area (Å²) >= 11 is 7.38. The number of ketones is 1. The Labute approximate surface area is 237 Å². The highest BCUT2D eigenvalue weighted by Crippen LogP contribution is 2.46. The number of carbonyl (C=O) groups excluding carboxylic acids is 2. The number of benzene rings is 2. The maximum Gasteiger partial charge on any atom is 0.301 e. The number of thiazole rings is 1. The number of aryl methyl sites for hydroxylation is 2. The van der Waals surface area contributed by atoms with Gasteiger partial charge in [-0.1, -0.05) is 35.1 Å². The number of aliphatic hydroxyl groups is 1.